The predicted octanol–water partition coefficient (Wildman–Crippen LogP) is 5.11. The highest BCUT2D eigenvalue weighted by Gasteiger charge is 2.16. The molecule has 6 heteroatoms. The molecule has 6 nitrogen and oxygen atoms in total. The van der Waals surface area contributed by atoms with Gasteiger partial charge >= 0.3 is 0 Å². The topological polar surface area (TPSA) is 78.0 Å². The third kappa shape index (κ3) is 2.82. The first kappa shape index (κ1) is 17.8. The predicted molar refractivity (Wildman–Crippen MR) is 117 cm³/mol. The van der Waals surface area contributed by atoms with Gasteiger partial charge in [-0.2, -0.15) is 0 Å². The second kappa shape index (κ2) is 6.93. The van der Waals surface area contributed by atoms with Crippen LogP contribution in [0.3, 0.4) is 0 Å². The summed E-state index contributed by atoms with van der Waals surface area (Å²) in [5, 5.41) is 13.4. The Kier molecular flexibility index (Phi) is 4.10. The Labute approximate surface area is 170 Å². The van der Waals surface area contributed by atoms with Crippen LogP contribution in [0.4, 0.5) is 5.69 Å². The number of nitrogens with zero attached hydrogens (tertiary/aromatic N) is 3. The highest BCUT2D eigenvalue weighted by molar-refractivity contribution is 5.90. The van der Waals surface area contributed by atoms with Crippen molar-refractivity contribution < 1.29 is 4.92 Å². The van der Waals surface area contributed by atoms with E-state index in [4.69, 9.17) is 0 Å². The molecule has 5 rings (SSSR count). The minimum Gasteiger partial charge on any atom is -0.274 e. The Morgan fingerprint density at radius 2 is 1.57 bits per heavy atom. The average Bonchev–Trinajstić information content (AvgIpc) is 2.79. The lowest BCUT2D eigenvalue weighted by atomic mass is 10.0. The summed E-state index contributed by atoms with van der Waals surface area (Å²) in [5.74, 6) is 0. The molecule has 0 aliphatic rings. The third-order valence-electron chi connectivity index (χ3n) is 5.15. The molecule has 0 aliphatic heterocycles. The molecule has 0 aliphatic carbocycles. The van der Waals surface area contributed by atoms with E-state index in [2.05, 4.69) is 4.98 Å². The van der Waals surface area contributed by atoms with E-state index in [1.54, 1.807) is 29.0 Å². The van der Waals surface area contributed by atoms with Crippen molar-refractivity contribution in [3.8, 4) is 16.9 Å². The highest BCUT2D eigenvalue weighted by Crippen LogP contribution is 2.29. The fourth-order valence-electron chi connectivity index (χ4n) is 3.73. The van der Waals surface area contributed by atoms with E-state index in [9.17, 15) is 14.9 Å². The molecule has 0 bridgehead atoms. The van der Waals surface area contributed by atoms with Crippen LogP contribution < -0.4 is 5.56 Å². The second-order valence-corrected chi connectivity index (χ2v) is 6.91. The van der Waals surface area contributed by atoms with Crippen molar-refractivity contribution in [2.24, 2.45) is 0 Å². The van der Waals surface area contributed by atoms with Gasteiger partial charge in [-0.15, -0.1) is 0 Å². The first-order valence-electron chi connectivity index (χ1n) is 9.37. The van der Waals surface area contributed by atoms with Crippen molar-refractivity contribution in [3.63, 3.8) is 0 Å². The maximum Gasteiger partial charge on any atom is 0.269 e. The van der Waals surface area contributed by atoms with Gasteiger partial charge in [-0.1, -0.05) is 36.4 Å². The summed E-state index contributed by atoms with van der Waals surface area (Å²) >= 11 is 0. The van der Waals surface area contributed by atoms with E-state index in [0.29, 0.717) is 27.8 Å². The summed E-state index contributed by atoms with van der Waals surface area (Å²) in [6, 6.07) is 25.0. The van der Waals surface area contributed by atoms with E-state index in [-0.39, 0.29) is 11.2 Å². The van der Waals surface area contributed by atoms with Crippen molar-refractivity contribution >= 4 is 27.4 Å². The summed E-state index contributed by atoms with van der Waals surface area (Å²) in [6.45, 7) is 0. The van der Waals surface area contributed by atoms with Gasteiger partial charge in [0.25, 0.3) is 11.2 Å². The van der Waals surface area contributed by atoms with Gasteiger partial charge in [0.15, 0.2) is 0 Å². The number of benzene rings is 3. The Balaban J connectivity index is 1.88. The van der Waals surface area contributed by atoms with Crippen LogP contribution in [0.25, 0.3) is 38.6 Å². The molecular formula is C24H15N3O3. The fraction of sp³-hybridized carbons (Fsp3) is 0. The van der Waals surface area contributed by atoms with Gasteiger partial charge in [0.05, 0.1) is 21.8 Å². The maximum absolute atomic E-state index is 13.6. The summed E-state index contributed by atoms with van der Waals surface area (Å²) in [7, 11) is 0. The average molecular weight is 393 g/mol. The minimum absolute atomic E-state index is 0.000244. The number of fused-ring (bicyclic) bond motifs is 2. The first-order valence-corrected chi connectivity index (χ1v) is 9.37. The number of nitro benzene ring substituents is 1. The molecule has 0 spiro atoms. The van der Waals surface area contributed by atoms with Crippen LogP contribution in [-0.2, 0) is 0 Å². The minimum atomic E-state index is -0.439. The van der Waals surface area contributed by atoms with Crippen LogP contribution >= 0.6 is 0 Å². The molecule has 0 unspecified atom stereocenters. The van der Waals surface area contributed by atoms with Gasteiger partial charge < -0.3 is 0 Å². The molecule has 2 heterocycles. The Hall–Kier alpha value is -4.32. The monoisotopic (exact) mass is 393 g/mol. The van der Waals surface area contributed by atoms with Crippen LogP contribution in [0.5, 0.6) is 0 Å². The number of hydrogen-bond donors (Lipinski definition) is 0. The van der Waals surface area contributed by atoms with Gasteiger partial charge in [0.2, 0.25) is 0 Å². The van der Waals surface area contributed by atoms with Gasteiger partial charge in [-0.3, -0.25) is 24.5 Å². The molecule has 0 saturated heterocycles. The maximum atomic E-state index is 13.6. The number of para-hydroxylation sites is 1. The number of nitro groups is 1. The molecule has 0 radical (unpaired) electrons. The first-order chi connectivity index (χ1) is 14.6. The Morgan fingerprint density at radius 1 is 0.833 bits per heavy atom. The number of aromatic nitrogens is 2. The lowest BCUT2D eigenvalue weighted by molar-refractivity contribution is -0.384. The quantitative estimate of drug-likeness (QED) is 0.315. The van der Waals surface area contributed by atoms with Crippen LogP contribution in [0.2, 0.25) is 0 Å². The Morgan fingerprint density at radius 3 is 2.37 bits per heavy atom. The lowest BCUT2D eigenvalue weighted by Gasteiger charge is -2.16. The van der Waals surface area contributed by atoms with Gasteiger partial charge in [0.1, 0.15) is 0 Å². The van der Waals surface area contributed by atoms with E-state index in [0.717, 1.165) is 10.8 Å². The molecule has 0 saturated carbocycles. The van der Waals surface area contributed by atoms with E-state index in [1.807, 2.05) is 54.6 Å². The van der Waals surface area contributed by atoms with Gasteiger partial charge in [-0.05, 0) is 47.3 Å². The molecular weight excluding hydrogens is 378 g/mol. The van der Waals surface area contributed by atoms with Crippen molar-refractivity contribution in [3.05, 3.63) is 112 Å². The molecule has 5 aromatic rings. The number of non-ortho nitro benzene ring substituents is 1. The van der Waals surface area contributed by atoms with Crippen LogP contribution in [0.1, 0.15) is 0 Å². The molecule has 0 atom stereocenters. The summed E-state index contributed by atoms with van der Waals surface area (Å²) in [5.41, 5.74) is 2.56. The standard InChI is InChI=1S/C24H15N3O3/c28-24-20-8-2-1-5-18(20)15-22(16-10-12-19(13-11-16)27(29)30)26(24)21-9-3-6-17-7-4-14-25-23(17)21/h1-15H. The molecule has 2 aromatic heterocycles. The third-order valence-corrected chi connectivity index (χ3v) is 5.15. The summed E-state index contributed by atoms with van der Waals surface area (Å²) in [6.07, 6.45) is 1.70. The molecule has 0 fully saturated rings. The normalized spacial score (nSPS) is 11.1. The zero-order valence-corrected chi connectivity index (χ0v) is 15.7. The summed E-state index contributed by atoms with van der Waals surface area (Å²) in [4.78, 5) is 28.7. The zero-order chi connectivity index (χ0) is 20.7. The zero-order valence-electron chi connectivity index (χ0n) is 15.7. The fourth-order valence-corrected chi connectivity index (χ4v) is 3.73. The second-order valence-electron chi connectivity index (χ2n) is 6.91. The molecule has 30 heavy (non-hydrogen) atoms. The largest absolute Gasteiger partial charge is 0.274 e. The van der Waals surface area contributed by atoms with E-state index >= 15 is 0 Å². The van der Waals surface area contributed by atoms with Crippen molar-refractivity contribution in [1.29, 1.82) is 0 Å². The molecule has 144 valence electrons. The summed E-state index contributed by atoms with van der Waals surface area (Å²) < 4.78 is 1.64. The van der Waals surface area contributed by atoms with E-state index < -0.39 is 4.92 Å². The highest BCUT2D eigenvalue weighted by atomic mass is 16.6. The van der Waals surface area contributed by atoms with Crippen LogP contribution in [0, 0.1) is 10.1 Å². The SMILES string of the molecule is O=c1c2ccccc2cc(-c2ccc([N+](=O)[O-])cc2)n1-c1cccc2cccnc12. The number of pyridine rings is 2. The van der Waals surface area contributed by atoms with Crippen molar-refractivity contribution in [2.45, 2.75) is 0 Å². The van der Waals surface area contributed by atoms with Crippen LogP contribution in [0.15, 0.2) is 95.9 Å². The number of hydrogen-bond acceptors (Lipinski definition) is 4. The van der Waals surface area contributed by atoms with Gasteiger partial charge in [0, 0.05) is 29.1 Å². The van der Waals surface area contributed by atoms with E-state index in [1.165, 1.54) is 12.1 Å². The Bertz CT molecular complexity index is 1480. The van der Waals surface area contributed by atoms with Gasteiger partial charge in [-0.25, -0.2) is 0 Å². The smallest absolute Gasteiger partial charge is 0.269 e. The molecule has 3 aromatic carbocycles. The molecule has 0 amide bonds. The number of rotatable bonds is 3. The van der Waals surface area contributed by atoms with Crippen molar-refractivity contribution in [2.75, 3.05) is 0 Å². The van der Waals surface area contributed by atoms with Crippen molar-refractivity contribution in [1.82, 2.24) is 9.55 Å². The molecule has 0 N–H and O–H groups in total. The van der Waals surface area contributed by atoms with Crippen LogP contribution in [-0.4, -0.2) is 14.5 Å². The lowest BCUT2D eigenvalue weighted by Crippen LogP contribution is -2.20.